The van der Waals surface area contributed by atoms with Gasteiger partial charge in [-0.05, 0) is 50.1 Å². The van der Waals surface area contributed by atoms with Crippen LogP contribution in [0.1, 0.15) is 39.0 Å². The molecule has 130 valence electrons. The minimum Gasteiger partial charge on any atom is -0.373 e. The second-order valence-corrected chi connectivity index (χ2v) is 9.13. The van der Waals surface area contributed by atoms with Gasteiger partial charge in [-0.3, -0.25) is 0 Å². The molecule has 0 aromatic rings. The Hall–Kier alpha value is -1.52. The maximum Gasteiger partial charge on any atom is 0.238 e. The van der Waals surface area contributed by atoms with E-state index in [9.17, 15) is 16.8 Å². The lowest BCUT2D eigenvalue weighted by atomic mass is 10.1. The molecule has 0 aromatic carbocycles. The Kier molecular flexibility index (Phi) is 7.10. The van der Waals surface area contributed by atoms with Crippen molar-refractivity contribution < 1.29 is 21.6 Å². The molecule has 0 saturated carbocycles. The summed E-state index contributed by atoms with van der Waals surface area (Å²) in [5, 5.41) is -1.99. The summed E-state index contributed by atoms with van der Waals surface area (Å²) in [6.07, 6.45) is 1.64. The summed E-state index contributed by atoms with van der Waals surface area (Å²) >= 11 is 0. The van der Waals surface area contributed by atoms with Crippen molar-refractivity contribution in [3.63, 3.8) is 0 Å². The third-order valence-corrected chi connectivity index (χ3v) is 6.75. The van der Waals surface area contributed by atoms with Crippen molar-refractivity contribution in [3.8, 4) is 0 Å². The minimum absolute atomic E-state index is 0.00573. The largest absolute Gasteiger partial charge is 0.373 e. The number of azide groups is 2. The Morgan fingerprint density at radius 3 is 2.17 bits per heavy atom. The molecule has 13 heteroatoms. The number of hydrogen-bond donors (Lipinski definition) is 0. The van der Waals surface area contributed by atoms with E-state index in [1.807, 2.05) is 0 Å². The Bertz CT molecular complexity index is 704. The summed E-state index contributed by atoms with van der Waals surface area (Å²) in [5.74, 6) is 0. The van der Waals surface area contributed by atoms with Gasteiger partial charge in [-0.15, -0.1) is 0 Å². The first-order valence-corrected chi connectivity index (χ1v) is 9.95. The van der Waals surface area contributed by atoms with E-state index < -0.39 is 30.5 Å². The van der Waals surface area contributed by atoms with Gasteiger partial charge in [0, 0.05) is 18.9 Å². The Morgan fingerprint density at radius 2 is 1.65 bits per heavy atom. The van der Waals surface area contributed by atoms with Crippen LogP contribution in [0.2, 0.25) is 0 Å². The predicted molar refractivity (Wildman–Crippen MR) is 82.2 cm³/mol. The molecule has 0 spiro atoms. The molecule has 0 N–H and O–H groups in total. The van der Waals surface area contributed by atoms with E-state index in [-0.39, 0.29) is 25.4 Å². The standard InChI is InChI=1S/C10H18N6O5S2/c1-8(22(17,18)15-13-11)5-6-10(23(19,20)16-14-12)4-2-3-9-7-21-9/h8-10H,2-7H2,1H3. The third-order valence-electron chi connectivity index (χ3n) is 3.58. The summed E-state index contributed by atoms with van der Waals surface area (Å²) < 4.78 is 57.6. The number of nitrogens with zero attached hydrogens (tertiary/aromatic N) is 6. The fourth-order valence-corrected chi connectivity index (χ4v) is 3.90. The molecule has 1 aliphatic heterocycles. The summed E-state index contributed by atoms with van der Waals surface area (Å²) in [6.45, 7) is 1.99. The van der Waals surface area contributed by atoms with Gasteiger partial charge in [0.2, 0.25) is 20.0 Å². The molecule has 1 rings (SSSR count). The van der Waals surface area contributed by atoms with Crippen LogP contribution in [-0.2, 0) is 24.8 Å². The molecule has 0 aliphatic carbocycles. The van der Waals surface area contributed by atoms with Crippen molar-refractivity contribution >= 4 is 20.0 Å². The summed E-state index contributed by atoms with van der Waals surface area (Å²) in [5.41, 5.74) is 16.6. The van der Waals surface area contributed by atoms with Crippen LogP contribution < -0.4 is 0 Å². The molecule has 0 radical (unpaired) electrons. The Balaban J connectivity index is 2.71. The molecule has 23 heavy (non-hydrogen) atoms. The molecule has 1 saturated heterocycles. The zero-order chi connectivity index (χ0) is 17.5. The topological polar surface area (TPSA) is 178 Å². The zero-order valence-electron chi connectivity index (χ0n) is 12.5. The van der Waals surface area contributed by atoms with Crippen LogP contribution in [0.3, 0.4) is 0 Å². The molecule has 0 amide bonds. The highest BCUT2D eigenvalue weighted by Gasteiger charge is 2.29. The minimum atomic E-state index is -4.03. The van der Waals surface area contributed by atoms with Crippen LogP contribution in [0, 0.1) is 0 Å². The van der Waals surface area contributed by atoms with E-state index in [1.54, 1.807) is 0 Å². The Morgan fingerprint density at radius 1 is 1.09 bits per heavy atom. The van der Waals surface area contributed by atoms with Gasteiger partial charge in [0.05, 0.1) is 23.2 Å². The lowest BCUT2D eigenvalue weighted by Gasteiger charge is -2.16. The van der Waals surface area contributed by atoms with Crippen molar-refractivity contribution in [2.75, 3.05) is 6.61 Å². The van der Waals surface area contributed by atoms with E-state index in [4.69, 9.17) is 15.8 Å². The second kappa shape index (κ2) is 8.37. The molecule has 3 unspecified atom stereocenters. The summed E-state index contributed by atoms with van der Waals surface area (Å²) in [4.78, 5) is 4.56. The number of epoxide rings is 1. The van der Waals surface area contributed by atoms with Gasteiger partial charge in [-0.1, -0.05) is 0 Å². The molecule has 1 fully saturated rings. The van der Waals surface area contributed by atoms with E-state index in [0.717, 1.165) is 0 Å². The van der Waals surface area contributed by atoms with Crippen LogP contribution in [0.5, 0.6) is 0 Å². The lowest BCUT2D eigenvalue weighted by molar-refractivity contribution is 0.387. The smallest absolute Gasteiger partial charge is 0.238 e. The summed E-state index contributed by atoms with van der Waals surface area (Å²) in [7, 11) is -8.03. The number of rotatable bonds is 11. The molecule has 11 nitrogen and oxygen atoms in total. The second-order valence-electron chi connectivity index (χ2n) is 5.27. The first kappa shape index (κ1) is 19.5. The predicted octanol–water partition coefficient (Wildman–Crippen LogP) is 2.37. The van der Waals surface area contributed by atoms with E-state index in [1.165, 1.54) is 6.92 Å². The average Bonchev–Trinajstić information content (AvgIpc) is 3.25. The fourth-order valence-electron chi connectivity index (χ4n) is 2.07. The molecular weight excluding hydrogens is 348 g/mol. The number of hydrogen-bond acceptors (Lipinski definition) is 5. The maximum absolute atomic E-state index is 11.9. The highest BCUT2D eigenvalue weighted by atomic mass is 32.2. The van der Waals surface area contributed by atoms with E-state index in [0.29, 0.717) is 19.4 Å². The fraction of sp³-hybridized carbons (Fsp3) is 1.00. The SMILES string of the molecule is CC(CCC(CCCC1CO1)S(=O)(=O)N=[N+]=[N-])S(=O)(=O)N=[N+]=[N-]. The molecular formula is C10H18N6O5S2. The monoisotopic (exact) mass is 366 g/mol. The van der Waals surface area contributed by atoms with E-state index in [2.05, 4.69) is 18.9 Å². The summed E-state index contributed by atoms with van der Waals surface area (Å²) in [6, 6.07) is 0. The highest BCUT2D eigenvalue weighted by Crippen LogP contribution is 2.24. The Labute approximate surface area is 134 Å². The van der Waals surface area contributed by atoms with Crippen LogP contribution in [-0.4, -0.2) is 40.0 Å². The normalized spacial score (nSPS) is 20.0. The maximum atomic E-state index is 11.9. The van der Waals surface area contributed by atoms with Gasteiger partial charge in [-0.2, -0.15) is 0 Å². The van der Waals surface area contributed by atoms with Crippen LogP contribution in [0.4, 0.5) is 0 Å². The van der Waals surface area contributed by atoms with Crippen molar-refractivity contribution in [1.29, 1.82) is 0 Å². The third kappa shape index (κ3) is 6.63. The molecule has 1 heterocycles. The number of sulfonamides is 2. The average molecular weight is 366 g/mol. The quantitative estimate of drug-likeness (QED) is 0.235. The lowest BCUT2D eigenvalue weighted by Crippen LogP contribution is -2.23. The van der Waals surface area contributed by atoms with Crippen LogP contribution in [0.25, 0.3) is 20.9 Å². The van der Waals surface area contributed by atoms with Crippen molar-refractivity contribution in [3.05, 3.63) is 20.9 Å². The molecule has 0 bridgehead atoms. The number of ether oxygens (including phenoxy) is 1. The van der Waals surface area contributed by atoms with Gasteiger partial charge < -0.3 is 4.74 Å². The van der Waals surface area contributed by atoms with Gasteiger partial charge in [0.15, 0.2) is 0 Å². The van der Waals surface area contributed by atoms with Crippen molar-refractivity contribution in [2.24, 2.45) is 9.04 Å². The van der Waals surface area contributed by atoms with Crippen molar-refractivity contribution in [1.82, 2.24) is 0 Å². The first-order valence-electron chi connectivity index (χ1n) is 6.95. The van der Waals surface area contributed by atoms with Crippen LogP contribution >= 0.6 is 0 Å². The molecule has 3 atom stereocenters. The van der Waals surface area contributed by atoms with Gasteiger partial charge >= 0.3 is 0 Å². The highest BCUT2D eigenvalue weighted by molar-refractivity contribution is 7.91. The van der Waals surface area contributed by atoms with Gasteiger partial charge in [0.1, 0.15) is 0 Å². The van der Waals surface area contributed by atoms with Gasteiger partial charge in [-0.25, -0.2) is 16.8 Å². The van der Waals surface area contributed by atoms with Crippen molar-refractivity contribution in [2.45, 2.75) is 55.6 Å². The first-order chi connectivity index (χ1) is 10.7. The van der Waals surface area contributed by atoms with E-state index >= 15 is 0 Å². The van der Waals surface area contributed by atoms with Crippen LogP contribution in [0.15, 0.2) is 9.04 Å². The molecule has 1 aliphatic rings. The van der Waals surface area contributed by atoms with Gasteiger partial charge in [0.25, 0.3) is 0 Å². The zero-order valence-corrected chi connectivity index (χ0v) is 14.1. The molecule has 0 aromatic heterocycles.